The van der Waals surface area contributed by atoms with E-state index in [9.17, 15) is 0 Å². The molecular formula is C10H9N3S2. The molecule has 0 aliphatic rings. The Morgan fingerprint density at radius 2 is 2.20 bits per heavy atom. The lowest BCUT2D eigenvalue weighted by molar-refractivity contribution is 0.941. The Morgan fingerprint density at radius 3 is 3.07 bits per heavy atom. The van der Waals surface area contributed by atoms with E-state index < -0.39 is 0 Å². The predicted molar refractivity (Wildman–Crippen MR) is 64.8 cm³/mol. The number of rotatable bonds is 2. The van der Waals surface area contributed by atoms with E-state index in [2.05, 4.69) is 45.8 Å². The molecule has 0 fully saturated rings. The van der Waals surface area contributed by atoms with Gasteiger partial charge >= 0.3 is 0 Å². The first-order valence-corrected chi connectivity index (χ1v) is 6.56. The highest BCUT2D eigenvalue weighted by Gasteiger charge is 2.10. The van der Waals surface area contributed by atoms with Crippen LogP contribution in [-0.4, -0.2) is 20.4 Å². The molecule has 0 aliphatic carbocycles. The molecule has 0 atom stereocenters. The lowest BCUT2D eigenvalue weighted by Crippen LogP contribution is -1.84. The predicted octanol–water partition coefficient (Wildman–Crippen LogP) is 3.06. The van der Waals surface area contributed by atoms with Crippen molar-refractivity contribution >= 4 is 38.3 Å². The van der Waals surface area contributed by atoms with Crippen molar-refractivity contribution in [1.29, 1.82) is 0 Å². The van der Waals surface area contributed by atoms with Crippen molar-refractivity contribution in [3.8, 4) is 0 Å². The topological polar surface area (TPSA) is 30.2 Å². The summed E-state index contributed by atoms with van der Waals surface area (Å²) >= 11 is 3.41. The molecule has 0 bridgehead atoms. The Kier molecular flexibility index (Phi) is 2.14. The molecule has 76 valence electrons. The molecule has 2 aromatic heterocycles. The first-order valence-electron chi connectivity index (χ1n) is 4.75. The Hall–Kier alpha value is -1.07. The number of hydrogen-bond acceptors (Lipinski definition) is 4. The molecule has 0 radical (unpaired) electrons. The SMILES string of the molecule is CCSc1nnc2sc3ccccc3n12. The Balaban J connectivity index is 2.38. The third-order valence-electron chi connectivity index (χ3n) is 2.18. The van der Waals surface area contributed by atoms with Crippen LogP contribution in [0.25, 0.3) is 15.2 Å². The van der Waals surface area contributed by atoms with Crippen molar-refractivity contribution in [2.45, 2.75) is 12.1 Å². The summed E-state index contributed by atoms with van der Waals surface area (Å²) in [7, 11) is 0. The maximum absolute atomic E-state index is 4.19. The van der Waals surface area contributed by atoms with Gasteiger partial charge in [0, 0.05) is 0 Å². The molecule has 3 nitrogen and oxygen atoms in total. The molecule has 0 saturated heterocycles. The molecule has 0 aliphatic heterocycles. The molecule has 0 N–H and O–H groups in total. The maximum Gasteiger partial charge on any atom is 0.217 e. The Bertz CT molecular complexity index is 611. The number of para-hydroxylation sites is 1. The summed E-state index contributed by atoms with van der Waals surface area (Å²) in [5.74, 6) is 1.02. The largest absolute Gasteiger partial charge is 0.260 e. The zero-order valence-electron chi connectivity index (χ0n) is 8.17. The van der Waals surface area contributed by atoms with Crippen LogP contribution in [0.4, 0.5) is 0 Å². The Labute approximate surface area is 95.1 Å². The summed E-state index contributed by atoms with van der Waals surface area (Å²) in [6.07, 6.45) is 0. The third-order valence-corrected chi connectivity index (χ3v) is 4.01. The minimum atomic E-state index is 0.979. The van der Waals surface area contributed by atoms with E-state index in [1.165, 1.54) is 10.2 Å². The van der Waals surface area contributed by atoms with E-state index in [1.54, 1.807) is 23.1 Å². The lowest BCUT2D eigenvalue weighted by atomic mass is 10.3. The smallest absolute Gasteiger partial charge is 0.217 e. The quantitative estimate of drug-likeness (QED) is 0.639. The van der Waals surface area contributed by atoms with Crippen LogP contribution >= 0.6 is 23.1 Å². The van der Waals surface area contributed by atoms with Crippen molar-refractivity contribution in [2.24, 2.45) is 0 Å². The van der Waals surface area contributed by atoms with Gasteiger partial charge in [-0.1, -0.05) is 42.2 Å². The van der Waals surface area contributed by atoms with Crippen LogP contribution in [-0.2, 0) is 0 Å². The van der Waals surface area contributed by atoms with E-state index in [-0.39, 0.29) is 0 Å². The number of hydrogen-bond donors (Lipinski definition) is 0. The van der Waals surface area contributed by atoms with Gasteiger partial charge in [0.1, 0.15) is 0 Å². The van der Waals surface area contributed by atoms with E-state index in [0.29, 0.717) is 0 Å². The molecule has 0 spiro atoms. The summed E-state index contributed by atoms with van der Waals surface area (Å²) < 4.78 is 3.40. The van der Waals surface area contributed by atoms with Crippen molar-refractivity contribution < 1.29 is 0 Å². The normalized spacial score (nSPS) is 11.5. The number of nitrogens with zero attached hydrogens (tertiary/aromatic N) is 3. The van der Waals surface area contributed by atoms with Gasteiger partial charge in [-0.05, 0) is 17.9 Å². The Morgan fingerprint density at radius 1 is 1.33 bits per heavy atom. The molecule has 5 heteroatoms. The molecule has 3 rings (SSSR count). The molecule has 1 aromatic carbocycles. The first kappa shape index (κ1) is 9.18. The van der Waals surface area contributed by atoms with E-state index in [1.807, 2.05) is 0 Å². The molecular weight excluding hydrogens is 226 g/mol. The van der Waals surface area contributed by atoms with Gasteiger partial charge in [-0.3, -0.25) is 4.40 Å². The van der Waals surface area contributed by atoms with Crippen LogP contribution in [0.5, 0.6) is 0 Å². The number of aromatic nitrogens is 3. The van der Waals surface area contributed by atoms with Crippen LogP contribution in [0.15, 0.2) is 29.4 Å². The monoisotopic (exact) mass is 235 g/mol. The fourth-order valence-corrected chi connectivity index (χ4v) is 3.27. The minimum absolute atomic E-state index is 0.979. The molecule has 2 heterocycles. The zero-order valence-corrected chi connectivity index (χ0v) is 9.81. The van der Waals surface area contributed by atoms with Crippen molar-refractivity contribution in [3.05, 3.63) is 24.3 Å². The summed E-state index contributed by atoms with van der Waals surface area (Å²) in [6.45, 7) is 2.13. The van der Waals surface area contributed by atoms with E-state index in [4.69, 9.17) is 0 Å². The van der Waals surface area contributed by atoms with Crippen LogP contribution in [0.3, 0.4) is 0 Å². The van der Waals surface area contributed by atoms with Gasteiger partial charge < -0.3 is 0 Å². The standard InChI is InChI=1S/C10H9N3S2/c1-2-14-9-11-12-10-13(9)7-5-3-4-6-8(7)15-10/h3-6H,2H2,1H3. The van der Waals surface area contributed by atoms with Crippen LogP contribution in [0, 0.1) is 0 Å². The maximum atomic E-state index is 4.19. The first-order chi connectivity index (χ1) is 7.40. The van der Waals surface area contributed by atoms with Gasteiger partial charge in [-0.25, -0.2) is 0 Å². The number of fused-ring (bicyclic) bond motifs is 3. The van der Waals surface area contributed by atoms with Gasteiger partial charge in [-0.15, -0.1) is 10.2 Å². The molecule has 15 heavy (non-hydrogen) atoms. The molecule has 0 amide bonds. The highest BCUT2D eigenvalue weighted by Crippen LogP contribution is 2.29. The highest BCUT2D eigenvalue weighted by atomic mass is 32.2. The fraction of sp³-hybridized carbons (Fsp3) is 0.200. The van der Waals surface area contributed by atoms with Gasteiger partial charge in [-0.2, -0.15) is 0 Å². The second kappa shape index (κ2) is 3.50. The van der Waals surface area contributed by atoms with Crippen molar-refractivity contribution in [1.82, 2.24) is 14.6 Å². The van der Waals surface area contributed by atoms with Gasteiger partial charge in [0.2, 0.25) is 4.96 Å². The molecule has 0 unspecified atom stereocenters. The fourth-order valence-electron chi connectivity index (χ4n) is 1.58. The van der Waals surface area contributed by atoms with Crippen LogP contribution in [0.2, 0.25) is 0 Å². The lowest BCUT2D eigenvalue weighted by Gasteiger charge is -1.94. The number of benzene rings is 1. The number of thioether (sulfide) groups is 1. The minimum Gasteiger partial charge on any atom is -0.260 e. The van der Waals surface area contributed by atoms with Crippen LogP contribution < -0.4 is 0 Å². The van der Waals surface area contributed by atoms with Crippen LogP contribution in [0.1, 0.15) is 6.92 Å². The summed E-state index contributed by atoms with van der Waals surface area (Å²) in [6, 6.07) is 8.34. The van der Waals surface area contributed by atoms with Crippen molar-refractivity contribution in [3.63, 3.8) is 0 Å². The van der Waals surface area contributed by atoms with E-state index >= 15 is 0 Å². The molecule has 0 saturated carbocycles. The molecule has 3 aromatic rings. The summed E-state index contributed by atoms with van der Waals surface area (Å²) in [4.78, 5) is 0.979. The average molecular weight is 235 g/mol. The second-order valence-corrected chi connectivity index (χ2v) is 5.34. The third kappa shape index (κ3) is 1.34. The van der Waals surface area contributed by atoms with Gasteiger partial charge in [0.15, 0.2) is 5.16 Å². The highest BCUT2D eigenvalue weighted by molar-refractivity contribution is 7.99. The summed E-state index contributed by atoms with van der Waals surface area (Å²) in [5, 5.41) is 9.36. The average Bonchev–Trinajstić information content (AvgIpc) is 2.78. The second-order valence-electron chi connectivity index (χ2n) is 3.10. The number of thiazole rings is 1. The zero-order chi connectivity index (χ0) is 10.3. The van der Waals surface area contributed by atoms with E-state index in [0.717, 1.165) is 15.9 Å². The van der Waals surface area contributed by atoms with Gasteiger partial charge in [0.05, 0.1) is 10.2 Å². The summed E-state index contributed by atoms with van der Waals surface area (Å²) in [5.41, 5.74) is 1.21. The van der Waals surface area contributed by atoms with Gasteiger partial charge in [0.25, 0.3) is 0 Å². The van der Waals surface area contributed by atoms with Crippen molar-refractivity contribution in [2.75, 3.05) is 5.75 Å².